The summed E-state index contributed by atoms with van der Waals surface area (Å²) in [5.41, 5.74) is 0.720. The first kappa shape index (κ1) is 12.1. The van der Waals surface area contributed by atoms with Crippen molar-refractivity contribution in [2.75, 3.05) is 5.32 Å². The van der Waals surface area contributed by atoms with Crippen LogP contribution in [0.3, 0.4) is 0 Å². The fourth-order valence-corrected chi connectivity index (χ4v) is 1.58. The van der Waals surface area contributed by atoms with Crippen molar-refractivity contribution in [3.8, 4) is 0 Å². The fourth-order valence-electron chi connectivity index (χ4n) is 1.58. The van der Waals surface area contributed by atoms with Gasteiger partial charge in [0, 0.05) is 43.1 Å². The Hall–Kier alpha value is -2.37. The predicted molar refractivity (Wildman–Crippen MR) is 68.1 cm³/mol. The van der Waals surface area contributed by atoms with Crippen LogP contribution in [0.5, 0.6) is 0 Å². The normalized spacial score (nSPS) is 11.8. The molecule has 0 spiro atoms. The Morgan fingerprint density at radius 2 is 2.11 bits per heavy atom. The fraction of sp³-hybridized carbons (Fsp3) is 0.250. The first-order valence-electron chi connectivity index (χ1n) is 5.67. The van der Waals surface area contributed by atoms with Crippen molar-refractivity contribution >= 4 is 11.7 Å². The van der Waals surface area contributed by atoms with Crippen LogP contribution < -0.4 is 10.6 Å². The molecule has 0 aliphatic carbocycles. The summed E-state index contributed by atoms with van der Waals surface area (Å²) in [4.78, 5) is 19.5. The van der Waals surface area contributed by atoms with Crippen molar-refractivity contribution in [3.63, 3.8) is 0 Å². The van der Waals surface area contributed by atoms with E-state index in [0.29, 0.717) is 6.54 Å². The molecule has 1 atom stereocenters. The lowest BCUT2D eigenvalue weighted by Gasteiger charge is -2.15. The molecule has 0 bridgehead atoms. The van der Waals surface area contributed by atoms with E-state index in [0.717, 1.165) is 5.69 Å². The monoisotopic (exact) mass is 245 g/mol. The molecule has 2 rings (SSSR count). The molecule has 18 heavy (non-hydrogen) atoms. The summed E-state index contributed by atoms with van der Waals surface area (Å²) in [5, 5.41) is 5.59. The highest BCUT2D eigenvalue weighted by Crippen LogP contribution is 2.02. The van der Waals surface area contributed by atoms with Gasteiger partial charge in [-0.05, 0) is 19.1 Å². The van der Waals surface area contributed by atoms with Gasteiger partial charge in [0.05, 0.1) is 6.33 Å². The third-order valence-electron chi connectivity index (χ3n) is 2.36. The first-order valence-corrected chi connectivity index (χ1v) is 5.67. The van der Waals surface area contributed by atoms with Crippen LogP contribution in [0.4, 0.5) is 10.5 Å². The number of carbonyl (C=O) groups excluding carboxylic acids is 1. The van der Waals surface area contributed by atoms with Crippen LogP contribution in [-0.2, 0) is 6.54 Å². The summed E-state index contributed by atoms with van der Waals surface area (Å²) in [7, 11) is 0. The molecule has 0 aliphatic rings. The number of carbonyl (C=O) groups is 1. The van der Waals surface area contributed by atoms with E-state index in [1.54, 1.807) is 37.1 Å². The highest BCUT2D eigenvalue weighted by molar-refractivity contribution is 5.89. The van der Waals surface area contributed by atoms with Gasteiger partial charge in [0.15, 0.2) is 0 Å². The molecule has 2 amide bonds. The van der Waals surface area contributed by atoms with Gasteiger partial charge in [0.1, 0.15) is 0 Å². The van der Waals surface area contributed by atoms with Crippen molar-refractivity contribution in [2.24, 2.45) is 0 Å². The molecular weight excluding hydrogens is 230 g/mol. The van der Waals surface area contributed by atoms with E-state index in [9.17, 15) is 4.79 Å². The Morgan fingerprint density at radius 1 is 1.33 bits per heavy atom. The summed E-state index contributed by atoms with van der Waals surface area (Å²) < 4.78 is 1.91. The maximum absolute atomic E-state index is 11.7. The number of nitrogens with zero attached hydrogens (tertiary/aromatic N) is 3. The number of aromatic nitrogens is 3. The number of urea groups is 1. The number of rotatable bonds is 4. The maximum atomic E-state index is 11.7. The number of pyridine rings is 1. The van der Waals surface area contributed by atoms with Crippen molar-refractivity contribution in [3.05, 3.63) is 43.2 Å². The van der Waals surface area contributed by atoms with E-state index in [1.165, 1.54) is 0 Å². The zero-order chi connectivity index (χ0) is 12.8. The molecular formula is C12H15N5O. The Balaban J connectivity index is 1.80. The van der Waals surface area contributed by atoms with Gasteiger partial charge < -0.3 is 15.2 Å². The zero-order valence-corrected chi connectivity index (χ0v) is 10.1. The number of hydrogen-bond acceptors (Lipinski definition) is 3. The molecule has 0 fully saturated rings. The van der Waals surface area contributed by atoms with Crippen LogP contribution in [0.25, 0.3) is 0 Å². The van der Waals surface area contributed by atoms with Crippen LogP contribution in [0.1, 0.15) is 6.92 Å². The molecule has 0 saturated carbocycles. The van der Waals surface area contributed by atoms with Gasteiger partial charge in [-0.1, -0.05) is 0 Å². The van der Waals surface area contributed by atoms with Gasteiger partial charge in [0.2, 0.25) is 0 Å². The van der Waals surface area contributed by atoms with Crippen LogP contribution in [0.15, 0.2) is 43.2 Å². The Morgan fingerprint density at radius 3 is 2.78 bits per heavy atom. The van der Waals surface area contributed by atoms with E-state index in [4.69, 9.17) is 0 Å². The van der Waals surface area contributed by atoms with E-state index >= 15 is 0 Å². The zero-order valence-electron chi connectivity index (χ0n) is 10.1. The lowest BCUT2D eigenvalue weighted by atomic mass is 10.3. The summed E-state index contributed by atoms with van der Waals surface area (Å²) in [5.74, 6) is 0. The molecule has 0 aliphatic heterocycles. The van der Waals surface area contributed by atoms with Crippen molar-refractivity contribution in [1.82, 2.24) is 19.9 Å². The SMILES string of the molecule is CC(Cn1ccnc1)NC(=O)Nc1ccncc1. The topological polar surface area (TPSA) is 71.8 Å². The van der Waals surface area contributed by atoms with Gasteiger partial charge >= 0.3 is 6.03 Å². The third kappa shape index (κ3) is 3.58. The van der Waals surface area contributed by atoms with E-state index in [1.807, 2.05) is 17.7 Å². The van der Waals surface area contributed by atoms with Crippen molar-refractivity contribution < 1.29 is 4.79 Å². The summed E-state index contributed by atoms with van der Waals surface area (Å²) in [6.07, 6.45) is 8.55. The lowest BCUT2D eigenvalue weighted by molar-refractivity contribution is 0.248. The number of hydrogen-bond donors (Lipinski definition) is 2. The minimum atomic E-state index is -0.228. The second-order valence-electron chi connectivity index (χ2n) is 3.99. The highest BCUT2D eigenvalue weighted by atomic mass is 16.2. The predicted octanol–water partition coefficient (Wildman–Crippen LogP) is 1.49. The molecule has 94 valence electrons. The van der Waals surface area contributed by atoms with Crippen LogP contribution in [-0.4, -0.2) is 26.6 Å². The molecule has 2 N–H and O–H groups in total. The van der Waals surface area contributed by atoms with Crippen molar-refractivity contribution in [2.45, 2.75) is 19.5 Å². The van der Waals surface area contributed by atoms with Crippen LogP contribution >= 0.6 is 0 Å². The smallest absolute Gasteiger partial charge is 0.319 e. The Labute approximate surface area is 105 Å². The largest absolute Gasteiger partial charge is 0.335 e. The standard InChI is InChI=1S/C12H15N5O/c1-10(8-17-7-6-14-9-17)15-12(18)16-11-2-4-13-5-3-11/h2-7,9-10H,8H2,1H3,(H2,13,15,16,18). The molecule has 6 nitrogen and oxygen atoms in total. The minimum absolute atomic E-state index is 0.0148. The Kier molecular flexibility index (Phi) is 3.90. The molecule has 0 aromatic carbocycles. The molecule has 6 heteroatoms. The van der Waals surface area contributed by atoms with Gasteiger partial charge in [-0.25, -0.2) is 9.78 Å². The van der Waals surface area contributed by atoms with Crippen LogP contribution in [0, 0.1) is 0 Å². The van der Waals surface area contributed by atoms with E-state index < -0.39 is 0 Å². The molecule has 0 saturated heterocycles. The summed E-state index contributed by atoms with van der Waals surface area (Å²) in [6.45, 7) is 2.62. The second kappa shape index (κ2) is 5.81. The number of amides is 2. The number of nitrogens with one attached hydrogen (secondary N) is 2. The average molecular weight is 245 g/mol. The highest BCUT2D eigenvalue weighted by Gasteiger charge is 2.07. The maximum Gasteiger partial charge on any atom is 0.319 e. The molecule has 2 aromatic heterocycles. The van der Waals surface area contributed by atoms with Gasteiger partial charge in [-0.3, -0.25) is 4.98 Å². The number of anilines is 1. The lowest BCUT2D eigenvalue weighted by Crippen LogP contribution is -2.38. The van der Waals surface area contributed by atoms with Crippen LogP contribution in [0.2, 0.25) is 0 Å². The second-order valence-corrected chi connectivity index (χ2v) is 3.99. The van der Waals surface area contributed by atoms with Crippen molar-refractivity contribution in [1.29, 1.82) is 0 Å². The average Bonchev–Trinajstić information content (AvgIpc) is 2.82. The minimum Gasteiger partial charge on any atom is -0.335 e. The summed E-state index contributed by atoms with van der Waals surface area (Å²) in [6, 6.07) is 3.26. The van der Waals surface area contributed by atoms with Gasteiger partial charge in [-0.2, -0.15) is 0 Å². The van der Waals surface area contributed by atoms with Gasteiger partial charge in [-0.15, -0.1) is 0 Å². The molecule has 0 radical (unpaired) electrons. The number of imidazole rings is 1. The molecule has 2 aromatic rings. The van der Waals surface area contributed by atoms with Gasteiger partial charge in [0.25, 0.3) is 0 Å². The van der Waals surface area contributed by atoms with E-state index in [2.05, 4.69) is 20.6 Å². The summed E-state index contributed by atoms with van der Waals surface area (Å²) >= 11 is 0. The molecule has 1 unspecified atom stereocenters. The van der Waals surface area contributed by atoms with E-state index in [-0.39, 0.29) is 12.1 Å². The molecule has 2 heterocycles. The first-order chi connectivity index (χ1) is 8.74. The third-order valence-corrected chi connectivity index (χ3v) is 2.36. The Bertz CT molecular complexity index is 482. The quantitative estimate of drug-likeness (QED) is 0.857.